The molecule has 0 spiro atoms. The largest absolute Gasteiger partial charge is 0.495 e. The van der Waals surface area contributed by atoms with Gasteiger partial charge in [0.15, 0.2) is 0 Å². The average Bonchev–Trinajstić information content (AvgIpc) is 2.75. The minimum Gasteiger partial charge on any atom is -0.495 e. The molecular weight excluding hydrogens is 256 g/mol. The third kappa shape index (κ3) is 2.90. The molecule has 20 heavy (non-hydrogen) atoms. The molecule has 0 saturated carbocycles. The molecule has 0 saturated heterocycles. The Bertz CT molecular complexity index is 634. The number of methoxy groups -OCH3 is 1. The van der Waals surface area contributed by atoms with Gasteiger partial charge in [0.1, 0.15) is 11.4 Å². The van der Waals surface area contributed by atoms with E-state index in [0.717, 1.165) is 11.3 Å². The highest BCUT2D eigenvalue weighted by molar-refractivity contribution is 5.92. The molecule has 0 fully saturated rings. The molecule has 3 N–H and O–H groups in total. The number of hydrogen-bond donors (Lipinski definition) is 2. The van der Waals surface area contributed by atoms with Crippen LogP contribution in [0.1, 0.15) is 21.7 Å². The van der Waals surface area contributed by atoms with Crippen molar-refractivity contribution in [3.8, 4) is 5.75 Å². The Morgan fingerprint density at radius 3 is 2.75 bits per heavy atom. The second kappa shape index (κ2) is 5.64. The second-order valence-corrected chi connectivity index (χ2v) is 4.55. The van der Waals surface area contributed by atoms with Crippen LogP contribution in [0, 0.1) is 6.92 Å². The zero-order valence-electron chi connectivity index (χ0n) is 11.8. The van der Waals surface area contributed by atoms with E-state index >= 15 is 0 Å². The fraction of sp³-hybridized carbons (Fsp3) is 0.286. The molecular formula is C14H18N4O2. The van der Waals surface area contributed by atoms with Crippen LogP contribution in [0.25, 0.3) is 0 Å². The highest BCUT2D eigenvalue weighted by Gasteiger charge is 2.11. The van der Waals surface area contributed by atoms with Gasteiger partial charge in [-0.05, 0) is 30.7 Å². The molecule has 1 amide bonds. The third-order valence-electron chi connectivity index (χ3n) is 2.98. The van der Waals surface area contributed by atoms with E-state index in [2.05, 4.69) is 10.4 Å². The van der Waals surface area contributed by atoms with Crippen LogP contribution in [0.4, 0.5) is 5.69 Å². The van der Waals surface area contributed by atoms with E-state index in [4.69, 9.17) is 10.5 Å². The lowest BCUT2D eigenvalue weighted by atomic mass is 10.2. The summed E-state index contributed by atoms with van der Waals surface area (Å²) in [5.41, 5.74) is 8.63. The standard InChI is InChI=1S/C14H18N4O2/c1-9-6-12(18(2)17-9)14(19)16-8-10-4-5-13(20-3)11(15)7-10/h4-7H,8,15H2,1-3H3,(H,16,19). The van der Waals surface area contributed by atoms with Crippen molar-refractivity contribution in [3.05, 3.63) is 41.2 Å². The molecule has 106 valence electrons. The number of aromatic nitrogens is 2. The summed E-state index contributed by atoms with van der Waals surface area (Å²) in [4.78, 5) is 12.0. The number of nitrogen functional groups attached to an aromatic ring is 1. The number of ether oxygens (including phenoxy) is 1. The zero-order chi connectivity index (χ0) is 14.7. The summed E-state index contributed by atoms with van der Waals surface area (Å²) in [6, 6.07) is 7.18. The van der Waals surface area contributed by atoms with Crippen LogP contribution < -0.4 is 15.8 Å². The third-order valence-corrected chi connectivity index (χ3v) is 2.98. The van der Waals surface area contributed by atoms with Gasteiger partial charge in [0, 0.05) is 13.6 Å². The fourth-order valence-electron chi connectivity index (χ4n) is 1.99. The number of carbonyl (C=O) groups excluding carboxylic acids is 1. The van der Waals surface area contributed by atoms with E-state index in [0.29, 0.717) is 23.7 Å². The Kier molecular flexibility index (Phi) is 3.93. The van der Waals surface area contributed by atoms with Crippen molar-refractivity contribution in [2.75, 3.05) is 12.8 Å². The van der Waals surface area contributed by atoms with Gasteiger partial charge < -0.3 is 15.8 Å². The monoisotopic (exact) mass is 274 g/mol. The van der Waals surface area contributed by atoms with Crippen LogP contribution in [-0.2, 0) is 13.6 Å². The van der Waals surface area contributed by atoms with Crippen molar-refractivity contribution in [1.82, 2.24) is 15.1 Å². The van der Waals surface area contributed by atoms with Crippen molar-refractivity contribution in [2.45, 2.75) is 13.5 Å². The summed E-state index contributed by atoms with van der Waals surface area (Å²) >= 11 is 0. The van der Waals surface area contributed by atoms with E-state index in [1.807, 2.05) is 13.0 Å². The summed E-state index contributed by atoms with van der Waals surface area (Å²) < 4.78 is 6.65. The number of anilines is 1. The highest BCUT2D eigenvalue weighted by atomic mass is 16.5. The second-order valence-electron chi connectivity index (χ2n) is 4.55. The summed E-state index contributed by atoms with van der Waals surface area (Å²) in [6.07, 6.45) is 0. The predicted molar refractivity (Wildman–Crippen MR) is 76.5 cm³/mol. The van der Waals surface area contributed by atoms with Gasteiger partial charge in [0.2, 0.25) is 0 Å². The van der Waals surface area contributed by atoms with Crippen LogP contribution in [-0.4, -0.2) is 22.8 Å². The number of hydrogen-bond acceptors (Lipinski definition) is 4. The van der Waals surface area contributed by atoms with Crippen LogP contribution in [0.2, 0.25) is 0 Å². The molecule has 6 heteroatoms. The molecule has 1 aromatic carbocycles. The van der Waals surface area contributed by atoms with E-state index in [9.17, 15) is 4.79 Å². The molecule has 0 bridgehead atoms. The van der Waals surface area contributed by atoms with Crippen molar-refractivity contribution >= 4 is 11.6 Å². The molecule has 0 aliphatic rings. The first-order chi connectivity index (χ1) is 9.51. The van der Waals surface area contributed by atoms with E-state index in [-0.39, 0.29) is 5.91 Å². The maximum Gasteiger partial charge on any atom is 0.269 e. The molecule has 0 aliphatic heterocycles. The molecule has 2 rings (SSSR count). The summed E-state index contributed by atoms with van der Waals surface area (Å²) in [5, 5.41) is 6.98. The van der Waals surface area contributed by atoms with Gasteiger partial charge in [-0.25, -0.2) is 0 Å². The van der Waals surface area contributed by atoms with Crippen LogP contribution >= 0.6 is 0 Å². The molecule has 0 unspecified atom stereocenters. The lowest BCUT2D eigenvalue weighted by Gasteiger charge is -2.08. The minimum absolute atomic E-state index is 0.164. The summed E-state index contributed by atoms with van der Waals surface area (Å²) in [5.74, 6) is 0.463. The van der Waals surface area contributed by atoms with Gasteiger partial charge in [-0.1, -0.05) is 6.07 Å². The normalized spacial score (nSPS) is 10.3. The van der Waals surface area contributed by atoms with Crippen LogP contribution in [0.3, 0.4) is 0 Å². The summed E-state index contributed by atoms with van der Waals surface area (Å²) in [7, 11) is 3.31. The smallest absolute Gasteiger partial charge is 0.269 e. The first-order valence-electron chi connectivity index (χ1n) is 6.22. The van der Waals surface area contributed by atoms with Crippen LogP contribution in [0.15, 0.2) is 24.3 Å². The SMILES string of the molecule is COc1ccc(CNC(=O)c2cc(C)nn2C)cc1N. The van der Waals surface area contributed by atoms with Crippen molar-refractivity contribution < 1.29 is 9.53 Å². The summed E-state index contributed by atoms with van der Waals surface area (Å²) in [6.45, 7) is 2.25. The number of nitrogens with one attached hydrogen (secondary N) is 1. The average molecular weight is 274 g/mol. The van der Waals surface area contributed by atoms with Gasteiger partial charge in [-0.15, -0.1) is 0 Å². The minimum atomic E-state index is -0.164. The maximum absolute atomic E-state index is 12.0. The highest BCUT2D eigenvalue weighted by Crippen LogP contribution is 2.21. The first-order valence-corrected chi connectivity index (χ1v) is 6.22. The van der Waals surface area contributed by atoms with Gasteiger partial charge in [-0.2, -0.15) is 5.10 Å². The quantitative estimate of drug-likeness (QED) is 0.822. The van der Waals surface area contributed by atoms with Crippen molar-refractivity contribution in [2.24, 2.45) is 7.05 Å². The van der Waals surface area contributed by atoms with E-state index in [1.165, 1.54) is 0 Å². The predicted octanol–water partition coefficient (Wildman–Crippen LogP) is 1.25. The number of carbonyl (C=O) groups is 1. The number of aryl methyl sites for hydroxylation is 2. The molecule has 0 atom stereocenters. The van der Waals surface area contributed by atoms with E-state index < -0.39 is 0 Å². The van der Waals surface area contributed by atoms with Gasteiger partial charge in [-0.3, -0.25) is 9.48 Å². The Labute approximate surface area is 117 Å². The number of benzene rings is 1. The number of rotatable bonds is 4. The number of amides is 1. The first kappa shape index (κ1) is 13.9. The fourth-order valence-corrected chi connectivity index (χ4v) is 1.99. The van der Waals surface area contributed by atoms with Gasteiger partial charge in [0.05, 0.1) is 18.5 Å². The Morgan fingerprint density at radius 2 is 2.20 bits per heavy atom. The van der Waals surface area contributed by atoms with Crippen LogP contribution in [0.5, 0.6) is 5.75 Å². The lowest BCUT2D eigenvalue weighted by Crippen LogP contribution is -2.25. The Hall–Kier alpha value is -2.50. The van der Waals surface area contributed by atoms with Gasteiger partial charge >= 0.3 is 0 Å². The Morgan fingerprint density at radius 1 is 1.45 bits per heavy atom. The maximum atomic E-state index is 12.0. The molecule has 2 aromatic rings. The molecule has 1 aromatic heterocycles. The van der Waals surface area contributed by atoms with Crippen molar-refractivity contribution in [3.63, 3.8) is 0 Å². The molecule has 1 heterocycles. The topological polar surface area (TPSA) is 82.2 Å². The molecule has 0 radical (unpaired) electrons. The molecule has 0 aliphatic carbocycles. The molecule has 6 nitrogen and oxygen atoms in total. The number of nitrogens with two attached hydrogens (primary N) is 1. The Balaban J connectivity index is 2.03. The van der Waals surface area contributed by atoms with E-state index in [1.54, 1.807) is 37.0 Å². The van der Waals surface area contributed by atoms with Gasteiger partial charge in [0.25, 0.3) is 5.91 Å². The number of nitrogens with zero attached hydrogens (tertiary/aromatic N) is 2. The zero-order valence-corrected chi connectivity index (χ0v) is 11.8. The van der Waals surface area contributed by atoms with Crippen molar-refractivity contribution in [1.29, 1.82) is 0 Å². The lowest BCUT2D eigenvalue weighted by molar-refractivity contribution is 0.0941.